The lowest BCUT2D eigenvalue weighted by atomic mass is 10.0. The molecule has 0 bridgehead atoms. The summed E-state index contributed by atoms with van der Waals surface area (Å²) in [4.78, 5) is 11.2. The molecule has 3 N–H and O–H groups in total. The molecule has 0 saturated heterocycles. The minimum Gasteiger partial charge on any atom is -0.482 e. The fourth-order valence-electron chi connectivity index (χ4n) is 2.18. The van der Waals surface area contributed by atoms with E-state index in [1.807, 2.05) is 18.2 Å². The van der Waals surface area contributed by atoms with Gasteiger partial charge in [0.25, 0.3) is 5.91 Å². The number of nitrogens with one attached hydrogen (secondary N) is 1. The predicted octanol–water partition coefficient (Wildman–Crippen LogP) is 1.82. The molecule has 1 unspecified atom stereocenters. The molecule has 0 spiro atoms. The summed E-state index contributed by atoms with van der Waals surface area (Å²) in [7, 11) is 0. The third kappa shape index (κ3) is 2.26. The van der Waals surface area contributed by atoms with E-state index in [0.717, 1.165) is 29.3 Å². The normalized spacial score (nSPS) is 20.2. The summed E-state index contributed by atoms with van der Waals surface area (Å²) < 4.78 is 5.31. The molecular formula is C13H16N2O2. The molecule has 1 amide bonds. The zero-order valence-corrected chi connectivity index (χ0v) is 9.61. The van der Waals surface area contributed by atoms with Gasteiger partial charge < -0.3 is 15.8 Å². The average Bonchev–Trinajstić information content (AvgIpc) is 3.12. The fraction of sp³-hybridized carbons (Fsp3) is 0.462. The van der Waals surface area contributed by atoms with Crippen LogP contribution >= 0.6 is 0 Å². The first-order valence-corrected chi connectivity index (χ1v) is 6.04. The van der Waals surface area contributed by atoms with Crippen LogP contribution in [0.4, 0.5) is 5.69 Å². The SMILES string of the molecule is NC(CC1CC1)c1ccc2c(c1)NC(=O)CO2. The number of amides is 1. The molecule has 1 atom stereocenters. The van der Waals surface area contributed by atoms with Gasteiger partial charge in [-0.05, 0) is 30.0 Å². The predicted molar refractivity (Wildman–Crippen MR) is 64.8 cm³/mol. The van der Waals surface area contributed by atoms with E-state index in [2.05, 4.69) is 5.32 Å². The zero-order chi connectivity index (χ0) is 11.8. The van der Waals surface area contributed by atoms with Crippen molar-refractivity contribution in [3.63, 3.8) is 0 Å². The molecule has 90 valence electrons. The van der Waals surface area contributed by atoms with E-state index in [1.54, 1.807) is 0 Å². The van der Waals surface area contributed by atoms with Crippen LogP contribution in [0.2, 0.25) is 0 Å². The lowest BCUT2D eigenvalue weighted by Gasteiger charge is -2.20. The molecular weight excluding hydrogens is 216 g/mol. The van der Waals surface area contributed by atoms with E-state index < -0.39 is 0 Å². The first-order chi connectivity index (χ1) is 8.22. The number of nitrogens with two attached hydrogens (primary N) is 1. The number of hydrogen-bond donors (Lipinski definition) is 2. The summed E-state index contributed by atoms with van der Waals surface area (Å²) in [5.74, 6) is 1.42. The van der Waals surface area contributed by atoms with Gasteiger partial charge in [0.2, 0.25) is 0 Å². The van der Waals surface area contributed by atoms with Gasteiger partial charge in [-0.1, -0.05) is 18.9 Å². The summed E-state index contributed by atoms with van der Waals surface area (Å²) >= 11 is 0. The van der Waals surface area contributed by atoms with Crippen molar-refractivity contribution in [3.8, 4) is 5.75 Å². The molecule has 1 fully saturated rings. The number of hydrogen-bond acceptors (Lipinski definition) is 3. The lowest BCUT2D eigenvalue weighted by molar-refractivity contribution is -0.118. The van der Waals surface area contributed by atoms with Crippen molar-refractivity contribution < 1.29 is 9.53 Å². The van der Waals surface area contributed by atoms with Gasteiger partial charge in [-0.25, -0.2) is 0 Å². The van der Waals surface area contributed by atoms with Crippen molar-refractivity contribution in [2.24, 2.45) is 11.7 Å². The molecule has 1 aliphatic heterocycles. The van der Waals surface area contributed by atoms with Crippen LogP contribution in [0.1, 0.15) is 30.9 Å². The van der Waals surface area contributed by atoms with Crippen LogP contribution in [0.3, 0.4) is 0 Å². The van der Waals surface area contributed by atoms with Gasteiger partial charge in [-0.15, -0.1) is 0 Å². The summed E-state index contributed by atoms with van der Waals surface area (Å²) in [5.41, 5.74) is 7.96. The molecule has 1 heterocycles. The van der Waals surface area contributed by atoms with Gasteiger partial charge in [0.1, 0.15) is 5.75 Å². The quantitative estimate of drug-likeness (QED) is 0.835. The third-order valence-corrected chi connectivity index (χ3v) is 3.35. The molecule has 4 heteroatoms. The number of benzene rings is 1. The standard InChI is InChI=1S/C13H16N2O2/c14-10(5-8-1-2-8)9-3-4-12-11(6-9)15-13(16)7-17-12/h3-4,6,8,10H,1-2,5,7,14H2,(H,15,16). The highest BCUT2D eigenvalue weighted by Gasteiger charge is 2.25. The van der Waals surface area contributed by atoms with E-state index in [4.69, 9.17) is 10.5 Å². The second kappa shape index (κ2) is 4.04. The monoisotopic (exact) mass is 232 g/mol. The molecule has 1 aromatic rings. The number of ether oxygens (including phenoxy) is 1. The summed E-state index contributed by atoms with van der Waals surface area (Å²) in [6, 6.07) is 5.87. The summed E-state index contributed by atoms with van der Waals surface area (Å²) in [5, 5.41) is 2.80. The molecule has 1 saturated carbocycles. The molecule has 1 aliphatic carbocycles. The Morgan fingerprint density at radius 2 is 2.29 bits per heavy atom. The van der Waals surface area contributed by atoms with E-state index in [1.165, 1.54) is 12.8 Å². The Labute approximate surface area is 100 Å². The second-order valence-electron chi connectivity index (χ2n) is 4.88. The van der Waals surface area contributed by atoms with Crippen LogP contribution in [0.15, 0.2) is 18.2 Å². The number of fused-ring (bicyclic) bond motifs is 1. The van der Waals surface area contributed by atoms with Gasteiger partial charge in [0.15, 0.2) is 6.61 Å². The van der Waals surface area contributed by atoms with Crippen LogP contribution < -0.4 is 15.8 Å². The zero-order valence-electron chi connectivity index (χ0n) is 9.61. The van der Waals surface area contributed by atoms with Gasteiger partial charge in [0.05, 0.1) is 5.69 Å². The summed E-state index contributed by atoms with van der Waals surface area (Å²) in [6.07, 6.45) is 3.64. The molecule has 1 aromatic carbocycles. The van der Waals surface area contributed by atoms with Crippen LogP contribution in [0.25, 0.3) is 0 Å². The molecule has 17 heavy (non-hydrogen) atoms. The Morgan fingerprint density at radius 1 is 1.47 bits per heavy atom. The Kier molecular flexibility index (Phi) is 2.52. The van der Waals surface area contributed by atoms with Crippen molar-refractivity contribution >= 4 is 11.6 Å². The molecule has 3 rings (SSSR count). The van der Waals surface area contributed by atoms with Crippen molar-refractivity contribution in [2.45, 2.75) is 25.3 Å². The van der Waals surface area contributed by atoms with E-state index in [-0.39, 0.29) is 18.6 Å². The first-order valence-electron chi connectivity index (χ1n) is 6.04. The van der Waals surface area contributed by atoms with Crippen molar-refractivity contribution in [1.29, 1.82) is 0 Å². The molecule has 4 nitrogen and oxygen atoms in total. The Bertz CT molecular complexity index is 455. The van der Waals surface area contributed by atoms with E-state index >= 15 is 0 Å². The Hall–Kier alpha value is -1.55. The van der Waals surface area contributed by atoms with Crippen molar-refractivity contribution in [1.82, 2.24) is 0 Å². The van der Waals surface area contributed by atoms with E-state index in [9.17, 15) is 4.79 Å². The Balaban J connectivity index is 1.81. The topological polar surface area (TPSA) is 64.3 Å². The molecule has 0 aromatic heterocycles. The minimum atomic E-state index is -0.106. The second-order valence-corrected chi connectivity index (χ2v) is 4.88. The summed E-state index contributed by atoms with van der Waals surface area (Å²) in [6.45, 7) is 0.0977. The van der Waals surface area contributed by atoms with E-state index in [0.29, 0.717) is 0 Å². The van der Waals surface area contributed by atoms with Crippen LogP contribution in [0.5, 0.6) is 5.75 Å². The highest BCUT2D eigenvalue weighted by Crippen LogP contribution is 2.38. The van der Waals surface area contributed by atoms with Crippen molar-refractivity contribution in [2.75, 3.05) is 11.9 Å². The maximum absolute atomic E-state index is 11.2. The first kappa shape index (κ1) is 10.6. The maximum Gasteiger partial charge on any atom is 0.262 e. The van der Waals surface area contributed by atoms with Gasteiger partial charge in [-0.3, -0.25) is 4.79 Å². The number of anilines is 1. The maximum atomic E-state index is 11.2. The number of carbonyl (C=O) groups excluding carboxylic acids is 1. The lowest BCUT2D eigenvalue weighted by Crippen LogP contribution is -2.25. The largest absolute Gasteiger partial charge is 0.482 e. The molecule has 2 aliphatic rings. The number of rotatable bonds is 3. The van der Waals surface area contributed by atoms with Gasteiger partial charge in [-0.2, -0.15) is 0 Å². The van der Waals surface area contributed by atoms with Crippen LogP contribution in [0, 0.1) is 5.92 Å². The third-order valence-electron chi connectivity index (χ3n) is 3.35. The Morgan fingerprint density at radius 3 is 3.06 bits per heavy atom. The van der Waals surface area contributed by atoms with Crippen molar-refractivity contribution in [3.05, 3.63) is 23.8 Å². The molecule has 0 radical (unpaired) electrons. The highest BCUT2D eigenvalue weighted by molar-refractivity contribution is 5.95. The average molecular weight is 232 g/mol. The van der Waals surface area contributed by atoms with Crippen LogP contribution in [-0.4, -0.2) is 12.5 Å². The highest BCUT2D eigenvalue weighted by atomic mass is 16.5. The smallest absolute Gasteiger partial charge is 0.262 e. The number of carbonyl (C=O) groups is 1. The minimum absolute atomic E-state index is 0.0617. The fourth-order valence-corrected chi connectivity index (χ4v) is 2.18. The van der Waals surface area contributed by atoms with Gasteiger partial charge >= 0.3 is 0 Å². The van der Waals surface area contributed by atoms with Gasteiger partial charge in [0, 0.05) is 6.04 Å². The van der Waals surface area contributed by atoms with Crippen LogP contribution in [-0.2, 0) is 4.79 Å².